The number of aromatic hydroxyl groups is 4. The summed E-state index contributed by atoms with van der Waals surface area (Å²) in [5.74, 6) is -2.33. The zero-order chi connectivity index (χ0) is 38.2. The number of ether oxygens (including phenoxy) is 6. The minimum atomic E-state index is -1.50. The Labute approximate surface area is 305 Å². The average Bonchev–Trinajstić information content (AvgIpc) is 3.19. The van der Waals surface area contributed by atoms with Gasteiger partial charge in [0.1, 0.15) is 12.2 Å². The number of methoxy groups -OCH3 is 4. The van der Waals surface area contributed by atoms with Crippen LogP contribution in [0.4, 0.5) is 0 Å². The molecule has 0 spiro atoms. The first-order valence-corrected chi connectivity index (χ1v) is 16.4. The highest BCUT2D eigenvalue weighted by molar-refractivity contribution is 5.94. The number of carbonyl (C=O) groups is 2. The highest BCUT2D eigenvalue weighted by Gasteiger charge is 2.38. The first kappa shape index (κ1) is 37.9. The van der Waals surface area contributed by atoms with Crippen LogP contribution in [-0.4, -0.2) is 77.9 Å². The maximum absolute atomic E-state index is 13.5. The number of phenolic OH excluding ortho intramolecular Hbond substituents is 4. The maximum Gasteiger partial charge on any atom is 0.331 e. The standard InChI is InChI=1S/C40H40O13/c1-48-32-15-22(6-11-28(32)42)5-10-26(41)20-27-25-18-35(51-4)40(47)36(19-25)52-31(24-9-13-30(44)34(17-24)50-3)21-37(39(27)46)53-38(45)14-8-23-7-12-29(43)33(16-23)49-2/h5-19,27,31,37,39,42-44,46-47H,20-21H2,1-4H3/b10-5+,14-8+. The smallest absolute Gasteiger partial charge is 0.331 e. The molecule has 0 radical (unpaired) electrons. The molecule has 13 heteroatoms. The van der Waals surface area contributed by atoms with E-state index in [1.807, 2.05) is 0 Å². The van der Waals surface area contributed by atoms with Crippen molar-refractivity contribution in [1.82, 2.24) is 0 Å². The van der Waals surface area contributed by atoms with E-state index in [9.17, 15) is 35.1 Å². The van der Waals surface area contributed by atoms with E-state index in [-0.39, 0.29) is 64.6 Å². The van der Waals surface area contributed by atoms with Gasteiger partial charge >= 0.3 is 5.97 Å². The molecule has 0 aliphatic carbocycles. The summed E-state index contributed by atoms with van der Waals surface area (Å²) in [6.07, 6.45) is 1.22. The van der Waals surface area contributed by atoms with Crippen LogP contribution in [0.3, 0.4) is 0 Å². The van der Waals surface area contributed by atoms with Crippen LogP contribution >= 0.6 is 0 Å². The Morgan fingerprint density at radius 2 is 1.23 bits per heavy atom. The summed E-state index contributed by atoms with van der Waals surface area (Å²) in [5, 5.41) is 53.4. The second-order valence-electron chi connectivity index (χ2n) is 12.1. The van der Waals surface area contributed by atoms with E-state index < -0.39 is 36.0 Å². The molecule has 0 fully saturated rings. The van der Waals surface area contributed by atoms with Gasteiger partial charge in [-0.05, 0) is 82.9 Å². The number of rotatable bonds is 12. The van der Waals surface area contributed by atoms with Crippen molar-refractivity contribution in [3.8, 4) is 51.7 Å². The molecule has 2 bridgehead atoms. The van der Waals surface area contributed by atoms with E-state index in [1.165, 1.54) is 89.1 Å². The lowest BCUT2D eigenvalue weighted by atomic mass is 9.84. The fourth-order valence-electron chi connectivity index (χ4n) is 5.95. The van der Waals surface area contributed by atoms with E-state index in [0.29, 0.717) is 22.3 Å². The normalized spacial score (nSPS) is 18.4. The number of esters is 1. The minimum absolute atomic E-state index is 0.0126. The Hall–Kier alpha value is -6.34. The van der Waals surface area contributed by atoms with Crippen LogP contribution in [0.25, 0.3) is 12.2 Å². The van der Waals surface area contributed by atoms with E-state index in [4.69, 9.17) is 28.4 Å². The Morgan fingerprint density at radius 3 is 1.81 bits per heavy atom. The van der Waals surface area contributed by atoms with E-state index in [2.05, 4.69) is 0 Å². The van der Waals surface area contributed by atoms with E-state index in [0.717, 1.165) is 6.08 Å². The largest absolute Gasteiger partial charge is 0.504 e. The third kappa shape index (κ3) is 8.94. The summed E-state index contributed by atoms with van der Waals surface area (Å²) >= 11 is 0. The molecule has 53 heavy (non-hydrogen) atoms. The first-order valence-electron chi connectivity index (χ1n) is 16.4. The lowest BCUT2D eigenvalue weighted by molar-refractivity contribution is -0.152. The van der Waals surface area contributed by atoms with Crippen molar-refractivity contribution in [2.75, 3.05) is 28.4 Å². The summed E-state index contributed by atoms with van der Waals surface area (Å²) in [4.78, 5) is 26.9. The number of hydrogen-bond acceptors (Lipinski definition) is 13. The van der Waals surface area contributed by atoms with Gasteiger partial charge in [-0.1, -0.05) is 24.3 Å². The van der Waals surface area contributed by atoms with E-state index >= 15 is 0 Å². The summed E-state index contributed by atoms with van der Waals surface area (Å²) in [7, 11) is 5.52. The van der Waals surface area contributed by atoms with Gasteiger partial charge in [0.05, 0.1) is 34.5 Å². The Morgan fingerprint density at radius 1 is 0.698 bits per heavy atom. The molecular formula is C40H40O13. The first-order chi connectivity index (χ1) is 25.4. The van der Waals surface area contributed by atoms with Gasteiger partial charge in [-0.3, -0.25) is 4.79 Å². The molecular weight excluding hydrogens is 688 g/mol. The molecule has 278 valence electrons. The Bertz CT molecular complexity index is 2020. The second-order valence-corrected chi connectivity index (χ2v) is 12.1. The van der Waals surface area contributed by atoms with Crippen molar-refractivity contribution in [2.45, 2.75) is 37.1 Å². The molecule has 4 aromatic rings. The maximum atomic E-state index is 13.5. The van der Waals surface area contributed by atoms with Crippen molar-refractivity contribution < 1.29 is 63.5 Å². The van der Waals surface area contributed by atoms with Gasteiger partial charge in [-0.2, -0.15) is 0 Å². The summed E-state index contributed by atoms with van der Waals surface area (Å²) in [6.45, 7) is 0. The number of carbonyl (C=O) groups excluding carboxylic acids is 2. The highest BCUT2D eigenvalue weighted by atomic mass is 16.6. The fraction of sp³-hybridized carbons (Fsp3) is 0.250. The van der Waals surface area contributed by atoms with Crippen LogP contribution in [0.2, 0.25) is 0 Å². The van der Waals surface area contributed by atoms with Gasteiger partial charge in [0, 0.05) is 24.8 Å². The number of aliphatic hydroxyl groups excluding tert-OH is 1. The van der Waals surface area contributed by atoms with Crippen LogP contribution in [0, 0.1) is 0 Å². The molecule has 1 aliphatic heterocycles. The molecule has 5 rings (SSSR count). The van der Waals surface area contributed by atoms with Crippen molar-refractivity contribution in [1.29, 1.82) is 0 Å². The molecule has 0 amide bonds. The Kier molecular flexibility index (Phi) is 12.0. The second kappa shape index (κ2) is 16.8. The highest BCUT2D eigenvalue weighted by Crippen LogP contribution is 2.46. The van der Waals surface area contributed by atoms with Crippen LogP contribution < -0.4 is 23.7 Å². The molecule has 1 heterocycles. The zero-order valence-corrected chi connectivity index (χ0v) is 29.4. The lowest BCUT2D eigenvalue weighted by Gasteiger charge is -2.30. The molecule has 5 N–H and O–H groups in total. The number of aliphatic hydroxyl groups is 1. The quantitative estimate of drug-likeness (QED) is 0.0869. The van der Waals surface area contributed by atoms with Crippen LogP contribution in [0.1, 0.15) is 47.1 Å². The monoisotopic (exact) mass is 728 g/mol. The van der Waals surface area contributed by atoms with Crippen molar-refractivity contribution in [3.63, 3.8) is 0 Å². The minimum Gasteiger partial charge on any atom is -0.504 e. The van der Waals surface area contributed by atoms with Crippen molar-refractivity contribution in [3.05, 3.63) is 101 Å². The molecule has 0 aromatic heterocycles. The number of ketones is 1. The van der Waals surface area contributed by atoms with Gasteiger partial charge in [-0.25, -0.2) is 4.79 Å². The predicted octanol–water partition coefficient (Wildman–Crippen LogP) is 5.81. The molecule has 13 nitrogen and oxygen atoms in total. The summed E-state index contributed by atoms with van der Waals surface area (Å²) < 4.78 is 33.3. The van der Waals surface area contributed by atoms with Crippen LogP contribution in [-0.2, 0) is 14.3 Å². The predicted molar refractivity (Wildman–Crippen MR) is 193 cm³/mol. The fourth-order valence-corrected chi connectivity index (χ4v) is 5.95. The summed E-state index contributed by atoms with van der Waals surface area (Å²) in [5.41, 5.74) is 1.89. The number of fused-ring (bicyclic) bond motifs is 2. The van der Waals surface area contributed by atoms with Gasteiger partial charge in [-0.15, -0.1) is 0 Å². The zero-order valence-electron chi connectivity index (χ0n) is 29.4. The number of hydrogen-bond donors (Lipinski definition) is 5. The molecule has 1 aliphatic rings. The van der Waals surface area contributed by atoms with E-state index in [1.54, 1.807) is 24.3 Å². The van der Waals surface area contributed by atoms with Gasteiger partial charge in [0.2, 0.25) is 5.75 Å². The molecule has 4 atom stereocenters. The third-order valence-electron chi connectivity index (χ3n) is 8.76. The van der Waals surface area contributed by atoms with Crippen molar-refractivity contribution >= 4 is 23.9 Å². The van der Waals surface area contributed by atoms with Gasteiger partial charge in [0.15, 0.2) is 51.8 Å². The molecule has 0 saturated heterocycles. The lowest BCUT2D eigenvalue weighted by Crippen LogP contribution is -2.38. The van der Waals surface area contributed by atoms with Crippen LogP contribution in [0.15, 0.2) is 78.9 Å². The SMILES string of the molecule is COc1cc(/C=C/C(=O)CC2c3cc(OC)c(O)c(c3)OC(c3ccc(O)c(OC)c3)CC(OC(=O)/C=C/c3ccc(O)c(OC)c3)C2O)ccc1O. The third-order valence-corrected chi connectivity index (χ3v) is 8.76. The number of benzene rings is 4. The molecule has 4 aromatic carbocycles. The Balaban J connectivity index is 1.53. The summed E-state index contributed by atoms with van der Waals surface area (Å²) in [6, 6.07) is 16.5. The topological polar surface area (TPSA) is 191 Å². The number of phenols is 4. The van der Waals surface area contributed by atoms with Crippen LogP contribution in [0.5, 0.6) is 51.7 Å². The average molecular weight is 729 g/mol. The van der Waals surface area contributed by atoms with Gasteiger partial charge in [0.25, 0.3) is 0 Å². The van der Waals surface area contributed by atoms with Gasteiger partial charge < -0.3 is 54.0 Å². The molecule has 4 unspecified atom stereocenters. The number of allylic oxidation sites excluding steroid dienone is 1. The van der Waals surface area contributed by atoms with Crippen molar-refractivity contribution in [2.24, 2.45) is 0 Å². The molecule has 0 saturated carbocycles.